The maximum Gasteiger partial charge on any atom is 0.254 e. The molecule has 1 aromatic carbocycles. The topological polar surface area (TPSA) is 66.5 Å². The number of rotatable bonds is 3. The highest BCUT2D eigenvalue weighted by molar-refractivity contribution is 7.89. The summed E-state index contributed by atoms with van der Waals surface area (Å²) in [4.78, 5) is 15.3. The molecule has 2 atom stereocenters. The molecule has 2 aliphatic heterocycles. The van der Waals surface area contributed by atoms with Gasteiger partial charge in [0.15, 0.2) is 0 Å². The molecule has 24 heavy (non-hydrogen) atoms. The van der Waals surface area contributed by atoms with Gasteiger partial charge in [0.1, 0.15) is 0 Å². The number of hydrogen-bond donors (Lipinski definition) is 1. The minimum atomic E-state index is -3.53. The van der Waals surface area contributed by atoms with Gasteiger partial charge in [0.25, 0.3) is 5.91 Å². The summed E-state index contributed by atoms with van der Waals surface area (Å²) in [5.41, 5.74) is 0.479. The number of nitrogens with one attached hydrogen (secondary N) is 1. The Morgan fingerprint density at radius 3 is 2.42 bits per heavy atom. The summed E-state index contributed by atoms with van der Waals surface area (Å²) in [6.07, 6.45) is 6.08. The minimum Gasteiger partial charge on any atom is -0.335 e. The van der Waals surface area contributed by atoms with Gasteiger partial charge >= 0.3 is 0 Å². The standard InChI is InChI=1S/C18H24N2O3S/c1-19-24(22,23)17-4-2-3-15(10-17)18(21)20-11-14-6-12-5-13(7-14)9-16(20)8-12/h2-4,10,12-14,16,19H,5-9,11H2,1H3. The summed E-state index contributed by atoms with van der Waals surface area (Å²) in [6, 6.07) is 6.74. The Hall–Kier alpha value is -1.40. The van der Waals surface area contributed by atoms with Crippen molar-refractivity contribution < 1.29 is 13.2 Å². The van der Waals surface area contributed by atoms with Gasteiger partial charge in [-0.15, -0.1) is 0 Å². The maximum atomic E-state index is 13.1. The van der Waals surface area contributed by atoms with Crippen LogP contribution in [-0.4, -0.2) is 38.9 Å². The van der Waals surface area contributed by atoms with Gasteiger partial charge in [-0.1, -0.05) is 6.07 Å². The van der Waals surface area contributed by atoms with E-state index < -0.39 is 10.0 Å². The monoisotopic (exact) mass is 348 g/mol. The SMILES string of the molecule is CNS(=O)(=O)c1cccc(C(=O)N2CC3CC4CC(C3)CC2C4)c1. The molecule has 1 aromatic rings. The first-order valence-electron chi connectivity index (χ1n) is 8.81. The van der Waals surface area contributed by atoms with Gasteiger partial charge in [-0.25, -0.2) is 13.1 Å². The second-order valence-corrected chi connectivity index (χ2v) is 9.51. The van der Waals surface area contributed by atoms with Gasteiger partial charge in [0, 0.05) is 18.2 Å². The average molecular weight is 348 g/mol. The molecule has 1 amide bonds. The second kappa shape index (κ2) is 5.85. The van der Waals surface area contributed by atoms with Gasteiger partial charge in [-0.2, -0.15) is 0 Å². The summed E-state index contributed by atoms with van der Waals surface area (Å²) < 4.78 is 26.3. The zero-order valence-electron chi connectivity index (χ0n) is 13.9. The number of amides is 1. The van der Waals surface area contributed by atoms with Crippen LogP contribution in [0.15, 0.2) is 29.2 Å². The van der Waals surface area contributed by atoms with Crippen LogP contribution >= 0.6 is 0 Å². The van der Waals surface area contributed by atoms with Gasteiger partial charge in [0.2, 0.25) is 10.0 Å². The predicted molar refractivity (Wildman–Crippen MR) is 91.1 cm³/mol. The summed E-state index contributed by atoms with van der Waals surface area (Å²) >= 11 is 0. The molecule has 0 spiro atoms. The highest BCUT2D eigenvalue weighted by Crippen LogP contribution is 2.47. The molecule has 2 unspecified atom stereocenters. The highest BCUT2D eigenvalue weighted by atomic mass is 32.2. The number of carbonyl (C=O) groups is 1. The molecule has 2 saturated carbocycles. The Balaban J connectivity index is 1.63. The van der Waals surface area contributed by atoms with E-state index in [2.05, 4.69) is 4.72 Å². The van der Waals surface area contributed by atoms with Crippen LogP contribution in [0.2, 0.25) is 0 Å². The van der Waals surface area contributed by atoms with E-state index in [0.717, 1.165) is 31.2 Å². The molecule has 4 bridgehead atoms. The van der Waals surface area contributed by atoms with E-state index in [1.54, 1.807) is 12.1 Å². The Labute approximate surface area is 143 Å². The van der Waals surface area contributed by atoms with Crippen LogP contribution in [0.25, 0.3) is 0 Å². The molecule has 6 heteroatoms. The molecular formula is C18H24N2O3S. The van der Waals surface area contributed by atoms with Crippen molar-refractivity contribution in [1.82, 2.24) is 9.62 Å². The lowest BCUT2D eigenvalue weighted by Gasteiger charge is -2.39. The summed E-state index contributed by atoms with van der Waals surface area (Å²) in [6.45, 7) is 0.833. The van der Waals surface area contributed by atoms with Crippen molar-refractivity contribution in [2.24, 2.45) is 17.8 Å². The van der Waals surface area contributed by atoms with E-state index in [9.17, 15) is 13.2 Å². The Bertz CT molecular complexity index is 747. The number of sulfonamides is 1. The molecule has 5 rings (SSSR count). The van der Waals surface area contributed by atoms with Crippen LogP contribution in [-0.2, 0) is 10.0 Å². The van der Waals surface area contributed by atoms with Gasteiger partial charge in [-0.05, 0) is 75.1 Å². The van der Waals surface area contributed by atoms with Gasteiger partial charge < -0.3 is 4.90 Å². The fourth-order valence-electron chi connectivity index (χ4n) is 5.11. The first-order valence-corrected chi connectivity index (χ1v) is 10.3. The zero-order chi connectivity index (χ0) is 16.9. The van der Waals surface area contributed by atoms with Crippen LogP contribution in [0.3, 0.4) is 0 Å². The Morgan fingerprint density at radius 1 is 1.08 bits per heavy atom. The van der Waals surface area contributed by atoms with Crippen molar-refractivity contribution in [1.29, 1.82) is 0 Å². The summed E-state index contributed by atoms with van der Waals surface area (Å²) in [5, 5.41) is 0. The zero-order valence-corrected chi connectivity index (χ0v) is 14.8. The van der Waals surface area contributed by atoms with Crippen LogP contribution in [0.5, 0.6) is 0 Å². The van der Waals surface area contributed by atoms with Crippen LogP contribution < -0.4 is 4.72 Å². The summed E-state index contributed by atoms with van der Waals surface area (Å²) in [5.74, 6) is 2.17. The highest BCUT2D eigenvalue weighted by Gasteiger charge is 2.44. The van der Waals surface area contributed by atoms with Gasteiger partial charge in [-0.3, -0.25) is 4.79 Å². The van der Waals surface area contributed by atoms with Gasteiger partial charge in [0.05, 0.1) is 4.90 Å². The van der Waals surface area contributed by atoms with E-state index in [1.807, 2.05) is 4.90 Å². The number of carbonyl (C=O) groups excluding carboxylic acids is 1. The molecule has 0 aromatic heterocycles. The Kier molecular flexibility index (Phi) is 3.92. The normalized spacial score (nSPS) is 32.0. The lowest BCUT2D eigenvalue weighted by atomic mass is 9.68. The van der Waals surface area contributed by atoms with E-state index in [4.69, 9.17) is 0 Å². The third kappa shape index (κ3) is 2.75. The van der Waals surface area contributed by atoms with Crippen molar-refractivity contribution in [3.63, 3.8) is 0 Å². The van der Waals surface area contributed by atoms with Crippen molar-refractivity contribution in [3.05, 3.63) is 29.8 Å². The van der Waals surface area contributed by atoms with E-state index >= 15 is 0 Å². The second-order valence-electron chi connectivity index (χ2n) is 7.62. The quantitative estimate of drug-likeness (QED) is 0.911. The molecule has 130 valence electrons. The molecule has 4 fully saturated rings. The molecule has 5 nitrogen and oxygen atoms in total. The molecular weight excluding hydrogens is 324 g/mol. The first-order chi connectivity index (χ1) is 11.5. The smallest absolute Gasteiger partial charge is 0.254 e. The van der Waals surface area contributed by atoms with E-state index in [0.29, 0.717) is 17.5 Å². The summed E-state index contributed by atoms with van der Waals surface area (Å²) in [7, 11) is -2.15. The number of nitrogens with zero attached hydrogens (tertiary/aromatic N) is 1. The molecule has 2 saturated heterocycles. The van der Waals surface area contributed by atoms with Crippen molar-refractivity contribution in [2.45, 2.75) is 43.0 Å². The fourth-order valence-corrected chi connectivity index (χ4v) is 5.89. The molecule has 0 radical (unpaired) electrons. The first kappa shape index (κ1) is 16.1. The lowest BCUT2D eigenvalue weighted by Crippen LogP contribution is -2.42. The molecule has 2 aliphatic carbocycles. The van der Waals surface area contributed by atoms with E-state index in [1.165, 1.54) is 38.4 Å². The van der Waals surface area contributed by atoms with Crippen molar-refractivity contribution in [3.8, 4) is 0 Å². The number of benzene rings is 1. The van der Waals surface area contributed by atoms with Crippen molar-refractivity contribution in [2.75, 3.05) is 13.6 Å². The molecule has 2 heterocycles. The van der Waals surface area contributed by atoms with Crippen LogP contribution in [0.1, 0.15) is 42.5 Å². The number of hydrogen-bond acceptors (Lipinski definition) is 3. The predicted octanol–water partition coefficient (Wildman–Crippen LogP) is 2.25. The van der Waals surface area contributed by atoms with Crippen LogP contribution in [0, 0.1) is 17.8 Å². The fraction of sp³-hybridized carbons (Fsp3) is 0.611. The molecule has 4 aliphatic rings. The maximum absolute atomic E-state index is 13.1. The lowest BCUT2D eigenvalue weighted by molar-refractivity contribution is 0.0632. The molecule has 1 N–H and O–H groups in total. The third-order valence-corrected chi connectivity index (χ3v) is 7.44. The Morgan fingerprint density at radius 2 is 1.75 bits per heavy atom. The average Bonchev–Trinajstić information content (AvgIpc) is 2.78. The van der Waals surface area contributed by atoms with Crippen LogP contribution in [0.4, 0.5) is 0 Å². The minimum absolute atomic E-state index is 0.0126. The number of fused-ring (bicyclic) bond motifs is 1. The van der Waals surface area contributed by atoms with Crippen molar-refractivity contribution >= 4 is 15.9 Å². The third-order valence-electron chi connectivity index (χ3n) is 6.03. The van der Waals surface area contributed by atoms with E-state index in [-0.39, 0.29) is 10.8 Å². The largest absolute Gasteiger partial charge is 0.335 e.